The Labute approximate surface area is 225 Å². The molecule has 6 rings (SSSR count). The topological polar surface area (TPSA) is 55.8 Å². The molecule has 199 valence electrons. The molecular formula is C30H46BO4S. The van der Waals surface area contributed by atoms with Crippen LogP contribution in [0, 0.1) is 50.7 Å². The van der Waals surface area contributed by atoms with E-state index in [2.05, 4.69) is 47.6 Å². The third-order valence-electron chi connectivity index (χ3n) is 13.5. The van der Waals surface area contributed by atoms with Crippen LogP contribution in [0.4, 0.5) is 0 Å². The Kier molecular flexibility index (Phi) is 5.49. The lowest BCUT2D eigenvalue weighted by Crippen LogP contribution is -2.66. The van der Waals surface area contributed by atoms with E-state index in [9.17, 15) is 9.90 Å². The number of aliphatic hydroxyl groups excluding tert-OH is 1. The molecular weight excluding hydrogens is 467 g/mol. The van der Waals surface area contributed by atoms with Gasteiger partial charge in [0.15, 0.2) is 0 Å². The summed E-state index contributed by atoms with van der Waals surface area (Å²) in [5.74, 6) is 1.59. The summed E-state index contributed by atoms with van der Waals surface area (Å²) in [5, 5.41) is 12.1. The summed E-state index contributed by atoms with van der Waals surface area (Å²) in [5.41, 5.74) is 1.09. The molecule has 6 aliphatic rings. The Morgan fingerprint density at radius 2 is 2.06 bits per heavy atom. The zero-order chi connectivity index (χ0) is 26.6. The molecule has 0 aromatic rings. The van der Waals surface area contributed by atoms with Crippen LogP contribution in [0.3, 0.4) is 0 Å². The van der Waals surface area contributed by atoms with Crippen molar-refractivity contribution < 1.29 is 18.8 Å². The van der Waals surface area contributed by atoms with Gasteiger partial charge in [-0.1, -0.05) is 51.2 Å². The molecule has 36 heavy (non-hydrogen) atoms. The molecule has 1 radical (unpaired) electrons. The lowest BCUT2D eigenvalue weighted by molar-refractivity contribution is -0.239. The monoisotopic (exact) mass is 515 g/mol. The third-order valence-corrected chi connectivity index (χ3v) is 13.8. The fourth-order valence-corrected chi connectivity index (χ4v) is 12.2. The van der Waals surface area contributed by atoms with Gasteiger partial charge >= 0.3 is 5.97 Å². The van der Waals surface area contributed by atoms with E-state index in [1.165, 1.54) is 12.7 Å². The number of esters is 1. The fourth-order valence-electron chi connectivity index (χ4n) is 11.8. The summed E-state index contributed by atoms with van der Waals surface area (Å²) in [6.07, 6.45) is 11.1. The molecule has 1 spiro atoms. The van der Waals surface area contributed by atoms with Crippen LogP contribution in [-0.2, 0) is 13.7 Å². The maximum absolute atomic E-state index is 13.3. The zero-order valence-corrected chi connectivity index (χ0v) is 24.0. The average Bonchev–Trinajstić information content (AvgIpc) is 3.36. The second-order valence-electron chi connectivity index (χ2n) is 14.7. The second kappa shape index (κ2) is 8.04. The van der Waals surface area contributed by atoms with Crippen LogP contribution in [0.15, 0.2) is 11.6 Å². The number of ether oxygens (including phenoxy) is 1. The van der Waals surface area contributed by atoms with E-state index >= 15 is 0 Å². The van der Waals surface area contributed by atoms with Crippen molar-refractivity contribution in [3.63, 3.8) is 0 Å². The van der Waals surface area contributed by atoms with Crippen molar-refractivity contribution in [1.82, 2.24) is 0 Å². The van der Waals surface area contributed by atoms with Gasteiger partial charge in [-0.2, -0.15) is 0 Å². The summed E-state index contributed by atoms with van der Waals surface area (Å²) in [7, 11) is 1.28. The molecule has 8 unspecified atom stereocenters. The van der Waals surface area contributed by atoms with Gasteiger partial charge in [-0.15, -0.1) is 0 Å². The van der Waals surface area contributed by atoms with Gasteiger partial charge in [-0.25, -0.2) is 0 Å². The number of fused-ring (bicyclic) bond motifs is 5. The largest absolute Gasteiger partial charge is 0.461 e. The van der Waals surface area contributed by atoms with Crippen LogP contribution in [-0.4, -0.2) is 37.8 Å². The van der Waals surface area contributed by atoms with Crippen molar-refractivity contribution in [2.45, 2.75) is 118 Å². The Hall–Kier alpha value is -0.455. The molecule has 12 atom stereocenters. The van der Waals surface area contributed by atoms with Crippen molar-refractivity contribution >= 4 is 25.0 Å². The molecule has 1 aliphatic heterocycles. The van der Waals surface area contributed by atoms with Gasteiger partial charge < -0.3 is 14.0 Å². The highest BCUT2D eigenvalue weighted by atomic mass is 32.2. The molecule has 0 aromatic heterocycles. The maximum atomic E-state index is 13.3. The number of carbonyl (C=O) groups excluding carboxylic acids is 1. The molecule has 6 fully saturated rings. The first-order valence-corrected chi connectivity index (χ1v) is 15.3. The molecule has 1 saturated heterocycles. The molecule has 1 N–H and O–H groups in total. The van der Waals surface area contributed by atoms with E-state index in [0.717, 1.165) is 69.7 Å². The Morgan fingerprint density at radius 3 is 2.78 bits per heavy atom. The van der Waals surface area contributed by atoms with Crippen molar-refractivity contribution in [1.29, 1.82) is 1.34 Å². The standard InChI is InChI=1S/C30H46BO4S/c1-17(2)8-7-11-29-16-30(29)22-14-20(32)24-26(4)12-10-21(35-36-31)18(3)19(26)9-13-27(24,5)28(22,6)15-23(30)34-25(29)33/h8,18-24,31-32H,7,9-16H2,1-6H3/t18?,19?,20?,21?,22?,23-,24?,26-,27-,28-,29?,30?/m0/s1/i31T. The SMILES string of the molecule is [3H][B]SOC1CC[C@@]2(C)C(CC[C@@]3(C)C2C(O)CC2C45CC4(CCC=C(C)C)C(=O)O[C@H]5C[C@@]23C)C1C. The number of hydrogen-bond donors (Lipinski definition) is 1. The number of carbonyl (C=O) groups is 1. The minimum absolute atomic E-state index is 0.0243. The molecule has 5 aliphatic carbocycles. The Bertz CT molecular complexity index is 1000. The maximum Gasteiger partial charge on any atom is 0.313 e. The first-order valence-electron chi connectivity index (χ1n) is 15.0. The van der Waals surface area contributed by atoms with Gasteiger partial charge in [-0.05, 0) is 113 Å². The Balaban J connectivity index is 1.32. The molecule has 6 heteroatoms. The van der Waals surface area contributed by atoms with Crippen molar-refractivity contribution in [2.24, 2.45) is 50.7 Å². The fraction of sp³-hybridized carbons (Fsp3) is 0.900. The molecule has 0 aromatic carbocycles. The highest BCUT2D eigenvalue weighted by Crippen LogP contribution is 2.88. The highest BCUT2D eigenvalue weighted by molar-refractivity contribution is 8.15. The summed E-state index contributed by atoms with van der Waals surface area (Å²) >= 11 is 1.16. The first-order chi connectivity index (χ1) is 17.4. The van der Waals surface area contributed by atoms with Gasteiger partial charge in [0.05, 0.1) is 17.6 Å². The summed E-state index contributed by atoms with van der Waals surface area (Å²) in [6.45, 7) is 14.1. The van der Waals surface area contributed by atoms with Crippen LogP contribution in [0.25, 0.3) is 0 Å². The molecule has 4 nitrogen and oxygen atoms in total. The van der Waals surface area contributed by atoms with Crippen molar-refractivity contribution in [3.8, 4) is 0 Å². The zero-order valence-electron chi connectivity index (χ0n) is 24.1. The van der Waals surface area contributed by atoms with Crippen LogP contribution < -0.4 is 0 Å². The number of rotatable bonds is 6. The number of allylic oxidation sites excluding steroid dienone is 2. The predicted octanol–water partition coefficient (Wildman–Crippen LogP) is 6.14. The van der Waals surface area contributed by atoms with Gasteiger partial charge in [0, 0.05) is 5.41 Å². The van der Waals surface area contributed by atoms with Crippen LogP contribution in [0.2, 0.25) is 0 Å². The smallest absolute Gasteiger partial charge is 0.313 e. The summed E-state index contributed by atoms with van der Waals surface area (Å²) < 4.78 is 19.6. The van der Waals surface area contributed by atoms with Crippen LogP contribution in [0.1, 0.15) is 99.3 Å². The molecule has 0 amide bonds. The van der Waals surface area contributed by atoms with E-state index in [1.54, 1.807) is 0 Å². The lowest BCUT2D eigenvalue weighted by Gasteiger charge is -2.69. The van der Waals surface area contributed by atoms with E-state index in [-0.39, 0.29) is 57.3 Å². The predicted molar refractivity (Wildman–Crippen MR) is 145 cm³/mol. The van der Waals surface area contributed by atoms with Gasteiger partial charge in [0.25, 0.3) is 0 Å². The number of hydrogen-bond acceptors (Lipinski definition) is 5. The van der Waals surface area contributed by atoms with E-state index in [0.29, 0.717) is 17.8 Å². The highest BCUT2D eigenvalue weighted by Gasteiger charge is 2.89. The van der Waals surface area contributed by atoms with E-state index < -0.39 is 0 Å². The van der Waals surface area contributed by atoms with Crippen LogP contribution >= 0.6 is 11.9 Å². The summed E-state index contributed by atoms with van der Waals surface area (Å²) in [4.78, 5) is 13.3. The Morgan fingerprint density at radius 1 is 1.28 bits per heavy atom. The molecule has 0 bridgehead atoms. The van der Waals surface area contributed by atoms with E-state index in [1.807, 2.05) is 0 Å². The molecule has 5 saturated carbocycles. The number of aliphatic hydroxyl groups is 1. The second-order valence-corrected chi connectivity index (χ2v) is 15.1. The van der Waals surface area contributed by atoms with Gasteiger partial charge in [0.2, 0.25) is 7.09 Å². The van der Waals surface area contributed by atoms with Gasteiger partial charge in [0.1, 0.15) is 6.10 Å². The average molecular weight is 516 g/mol. The first kappa shape index (κ1) is 24.6. The van der Waals surface area contributed by atoms with Crippen molar-refractivity contribution in [3.05, 3.63) is 11.6 Å². The van der Waals surface area contributed by atoms with Crippen LogP contribution in [0.5, 0.6) is 0 Å². The minimum atomic E-state index is -0.337. The van der Waals surface area contributed by atoms with E-state index in [4.69, 9.17) is 10.3 Å². The summed E-state index contributed by atoms with van der Waals surface area (Å²) in [6, 6.07) is 0. The quantitative estimate of drug-likeness (QED) is 0.199. The lowest BCUT2D eigenvalue weighted by atomic mass is 9.36. The van der Waals surface area contributed by atoms with Crippen molar-refractivity contribution in [2.75, 3.05) is 0 Å². The molecule has 1 heterocycles. The normalized spacial score (nSPS) is 56.8. The third kappa shape index (κ3) is 2.91. The van der Waals surface area contributed by atoms with Gasteiger partial charge in [-0.3, -0.25) is 4.79 Å². The minimum Gasteiger partial charge on any atom is -0.461 e.